The van der Waals surface area contributed by atoms with Crippen LogP contribution in [0.15, 0.2) is 12.3 Å². The average Bonchev–Trinajstić information content (AvgIpc) is 2.63. The van der Waals surface area contributed by atoms with Crippen LogP contribution in [0.5, 0.6) is 0 Å². The Morgan fingerprint density at radius 3 is 2.88 bits per heavy atom. The van der Waals surface area contributed by atoms with Gasteiger partial charge in [0.05, 0.1) is 24.0 Å². The van der Waals surface area contributed by atoms with Gasteiger partial charge in [-0.2, -0.15) is 0 Å². The normalized spacial score (nSPS) is 24.7. The number of anilines is 2. The highest BCUT2D eigenvalue weighted by atomic mass is 16.5. The van der Waals surface area contributed by atoms with E-state index in [4.69, 9.17) is 10.5 Å². The maximum Gasteiger partial charge on any atom is 0.131 e. The van der Waals surface area contributed by atoms with E-state index in [9.17, 15) is 0 Å². The molecule has 1 aliphatic rings. The molecule has 2 atom stereocenters. The minimum atomic E-state index is 0.267. The lowest BCUT2D eigenvalue weighted by atomic mass is 10.1. The first-order valence-electron chi connectivity index (χ1n) is 5.66. The monoisotopic (exact) mass is 221 g/mol. The summed E-state index contributed by atoms with van der Waals surface area (Å²) >= 11 is 0. The maximum atomic E-state index is 5.70. The molecule has 1 fully saturated rings. The minimum Gasteiger partial charge on any atom is -0.397 e. The number of rotatable bonds is 2. The molecule has 0 aliphatic carbocycles. The fraction of sp³-hybridized carbons (Fsp3) is 0.583. The van der Waals surface area contributed by atoms with E-state index in [2.05, 4.69) is 23.9 Å². The van der Waals surface area contributed by atoms with Crippen LogP contribution in [0.25, 0.3) is 0 Å². The van der Waals surface area contributed by atoms with Crippen LogP contribution in [-0.2, 0) is 4.74 Å². The van der Waals surface area contributed by atoms with Crippen molar-refractivity contribution in [2.75, 3.05) is 24.3 Å². The van der Waals surface area contributed by atoms with Gasteiger partial charge in [0, 0.05) is 13.7 Å². The molecule has 1 saturated heterocycles. The molecule has 0 radical (unpaired) electrons. The SMILES string of the molecule is Cc1cc(N)cnc1N(C)C1CCOC1C. The Hall–Kier alpha value is -1.29. The number of ether oxygens (including phenoxy) is 1. The molecule has 2 unspecified atom stereocenters. The average molecular weight is 221 g/mol. The van der Waals surface area contributed by atoms with Gasteiger partial charge in [0.25, 0.3) is 0 Å². The van der Waals surface area contributed by atoms with Gasteiger partial charge in [-0.05, 0) is 31.9 Å². The number of aromatic nitrogens is 1. The van der Waals surface area contributed by atoms with Gasteiger partial charge in [0.1, 0.15) is 5.82 Å². The zero-order chi connectivity index (χ0) is 11.7. The van der Waals surface area contributed by atoms with Crippen molar-refractivity contribution in [2.24, 2.45) is 0 Å². The van der Waals surface area contributed by atoms with Crippen LogP contribution < -0.4 is 10.6 Å². The first-order chi connectivity index (χ1) is 7.59. The standard InChI is InChI=1S/C12H19N3O/c1-8-6-10(13)7-14-12(8)15(3)11-4-5-16-9(11)2/h6-7,9,11H,4-5,13H2,1-3H3. The summed E-state index contributed by atoms with van der Waals surface area (Å²) in [5, 5.41) is 0. The highest BCUT2D eigenvalue weighted by Gasteiger charge is 2.29. The summed E-state index contributed by atoms with van der Waals surface area (Å²) in [6, 6.07) is 2.37. The predicted molar refractivity (Wildman–Crippen MR) is 65.6 cm³/mol. The number of hydrogen-bond donors (Lipinski definition) is 1. The first-order valence-corrected chi connectivity index (χ1v) is 5.66. The highest BCUT2D eigenvalue weighted by Crippen LogP contribution is 2.25. The molecule has 1 aromatic heterocycles. The van der Waals surface area contributed by atoms with E-state index in [1.807, 2.05) is 13.0 Å². The first kappa shape index (κ1) is 11.2. The van der Waals surface area contributed by atoms with Gasteiger partial charge in [-0.1, -0.05) is 0 Å². The number of pyridine rings is 1. The summed E-state index contributed by atoms with van der Waals surface area (Å²) in [5.41, 5.74) is 7.53. The molecule has 88 valence electrons. The molecular formula is C12H19N3O. The lowest BCUT2D eigenvalue weighted by molar-refractivity contribution is 0.118. The molecule has 0 amide bonds. The Kier molecular flexibility index (Phi) is 3.01. The largest absolute Gasteiger partial charge is 0.397 e. The van der Waals surface area contributed by atoms with E-state index in [1.165, 1.54) is 0 Å². The number of hydrogen-bond acceptors (Lipinski definition) is 4. The molecule has 0 aromatic carbocycles. The van der Waals surface area contributed by atoms with Crippen LogP contribution in [0.1, 0.15) is 18.9 Å². The Labute approximate surface area is 96.4 Å². The lowest BCUT2D eigenvalue weighted by Gasteiger charge is -2.28. The second-order valence-electron chi connectivity index (χ2n) is 4.45. The molecule has 4 nitrogen and oxygen atoms in total. The molecule has 0 saturated carbocycles. The molecule has 0 spiro atoms. The van der Waals surface area contributed by atoms with Gasteiger partial charge in [-0.25, -0.2) is 4.98 Å². The third-order valence-corrected chi connectivity index (χ3v) is 3.24. The Morgan fingerprint density at radius 2 is 2.31 bits per heavy atom. The van der Waals surface area contributed by atoms with Gasteiger partial charge in [-0.15, -0.1) is 0 Å². The molecule has 4 heteroatoms. The van der Waals surface area contributed by atoms with E-state index in [0.29, 0.717) is 11.7 Å². The zero-order valence-corrected chi connectivity index (χ0v) is 10.1. The van der Waals surface area contributed by atoms with Crippen molar-refractivity contribution in [3.05, 3.63) is 17.8 Å². The van der Waals surface area contributed by atoms with Crippen LogP contribution in [0.3, 0.4) is 0 Å². The number of aryl methyl sites for hydroxylation is 1. The minimum absolute atomic E-state index is 0.267. The highest BCUT2D eigenvalue weighted by molar-refractivity contribution is 5.53. The van der Waals surface area contributed by atoms with E-state index < -0.39 is 0 Å². The summed E-state index contributed by atoms with van der Waals surface area (Å²) in [4.78, 5) is 6.60. The molecular weight excluding hydrogens is 202 g/mol. The fourth-order valence-electron chi connectivity index (χ4n) is 2.34. The van der Waals surface area contributed by atoms with Crippen molar-refractivity contribution in [2.45, 2.75) is 32.4 Å². The Balaban J connectivity index is 2.23. The van der Waals surface area contributed by atoms with Crippen molar-refractivity contribution in [3.63, 3.8) is 0 Å². The predicted octanol–water partition coefficient (Wildman–Crippen LogP) is 1.59. The van der Waals surface area contributed by atoms with E-state index in [0.717, 1.165) is 24.4 Å². The molecule has 2 N–H and O–H groups in total. The summed E-state index contributed by atoms with van der Waals surface area (Å²) in [5.74, 6) is 0.997. The number of nitrogens with two attached hydrogens (primary N) is 1. The van der Waals surface area contributed by atoms with Crippen LogP contribution in [0.2, 0.25) is 0 Å². The Morgan fingerprint density at radius 1 is 1.56 bits per heavy atom. The quantitative estimate of drug-likeness (QED) is 0.824. The number of nitrogen functional groups attached to an aromatic ring is 1. The third-order valence-electron chi connectivity index (χ3n) is 3.24. The lowest BCUT2D eigenvalue weighted by Crippen LogP contribution is -2.37. The smallest absolute Gasteiger partial charge is 0.131 e. The topological polar surface area (TPSA) is 51.4 Å². The van der Waals surface area contributed by atoms with Crippen LogP contribution in [0.4, 0.5) is 11.5 Å². The number of likely N-dealkylation sites (N-methyl/N-ethyl adjacent to an activating group) is 1. The van der Waals surface area contributed by atoms with E-state index in [-0.39, 0.29) is 6.10 Å². The summed E-state index contributed by atoms with van der Waals surface area (Å²) < 4.78 is 5.58. The summed E-state index contributed by atoms with van der Waals surface area (Å²) in [6.45, 7) is 4.99. The third kappa shape index (κ3) is 1.97. The van der Waals surface area contributed by atoms with Gasteiger partial charge in [0.2, 0.25) is 0 Å². The maximum absolute atomic E-state index is 5.70. The van der Waals surface area contributed by atoms with Gasteiger partial charge >= 0.3 is 0 Å². The van der Waals surface area contributed by atoms with Crippen molar-refractivity contribution in [3.8, 4) is 0 Å². The van der Waals surface area contributed by atoms with Crippen molar-refractivity contribution >= 4 is 11.5 Å². The summed E-state index contributed by atoms with van der Waals surface area (Å²) in [6.07, 6.45) is 3.03. The second kappa shape index (κ2) is 4.29. The van der Waals surface area contributed by atoms with Gasteiger partial charge < -0.3 is 15.4 Å². The van der Waals surface area contributed by atoms with E-state index in [1.54, 1.807) is 6.20 Å². The summed E-state index contributed by atoms with van der Waals surface area (Å²) in [7, 11) is 2.07. The van der Waals surface area contributed by atoms with Crippen LogP contribution in [-0.4, -0.2) is 30.8 Å². The molecule has 1 aromatic rings. The number of nitrogens with zero attached hydrogens (tertiary/aromatic N) is 2. The zero-order valence-electron chi connectivity index (χ0n) is 10.1. The van der Waals surface area contributed by atoms with Gasteiger partial charge in [-0.3, -0.25) is 0 Å². The van der Waals surface area contributed by atoms with Gasteiger partial charge in [0.15, 0.2) is 0 Å². The van der Waals surface area contributed by atoms with Crippen molar-refractivity contribution < 1.29 is 4.74 Å². The second-order valence-corrected chi connectivity index (χ2v) is 4.45. The molecule has 16 heavy (non-hydrogen) atoms. The molecule has 2 heterocycles. The van der Waals surface area contributed by atoms with Crippen molar-refractivity contribution in [1.82, 2.24) is 4.98 Å². The molecule has 2 rings (SSSR count). The Bertz CT molecular complexity index is 381. The van der Waals surface area contributed by atoms with Crippen molar-refractivity contribution in [1.29, 1.82) is 0 Å². The van der Waals surface area contributed by atoms with E-state index >= 15 is 0 Å². The fourth-order valence-corrected chi connectivity index (χ4v) is 2.34. The van der Waals surface area contributed by atoms with Crippen LogP contribution in [0, 0.1) is 6.92 Å². The van der Waals surface area contributed by atoms with Crippen LogP contribution >= 0.6 is 0 Å². The molecule has 0 bridgehead atoms. The molecule has 1 aliphatic heterocycles.